The van der Waals surface area contributed by atoms with Crippen molar-refractivity contribution in [2.24, 2.45) is 0 Å². The third-order valence-corrected chi connectivity index (χ3v) is 8.38. The molecule has 0 spiro atoms. The van der Waals surface area contributed by atoms with Crippen molar-refractivity contribution in [2.45, 2.75) is 96.3 Å². The van der Waals surface area contributed by atoms with Crippen molar-refractivity contribution in [3.8, 4) is 11.4 Å². The van der Waals surface area contributed by atoms with Crippen LogP contribution in [0.2, 0.25) is 0 Å². The second-order valence-corrected chi connectivity index (χ2v) is 10.9. The third kappa shape index (κ3) is 5.02. The molecule has 9 heteroatoms. The first-order chi connectivity index (χ1) is 18.2. The van der Waals surface area contributed by atoms with Crippen molar-refractivity contribution in [1.29, 1.82) is 0 Å². The summed E-state index contributed by atoms with van der Waals surface area (Å²) >= 11 is 0. The van der Waals surface area contributed by atoms with Crippen LogP contribution in [0.5, 0.6) is 0 Å². The number of hydrogen-bond donors (Lipinski definition) is 0. The van der Waals surface area contributed by atoms with Crippen LogP contribution in [0.15, 0.2) is 18.7 Å². The number of imidazole rings is 1. The van der Waals surface area contributed by atoms with Crippen LogP contribution < -0.4 is 9.80 Å². The van der Waals surface area contributed by atoms with E-state index in [0.717, 1.165) is 86.2 Å². The summed E-state index contributed by atoms with van der Waals surface area (Å²) in [6, 6.07) is 0.353. The number of ether oxygens (including phenoxy) is 1. The molecule has 198 valence electrons. The fourth-order valence-electron chi connectivity index (χ4n) is 6.21. The number of nitrogens with zero attached hydrogens (tertiary/aromatic N) is 8. The summed E-state index contributed by atoms with van der Waals surface area (Å²) in [5.74, 6) is 1.71. The zero-order valence-electron chi connectivity index (χ0n) is 22.3. The van der Waals surface area contributed by atoms with Crippen LogP contribution in [0.3, 0.4) is 0 Å². The van der Waals surface area contributed by atoms with Gasteiger partial charge in [-0.2, -0.15) is 4.98 Å². The van der Waals surface area contributed by atoms with Crippen molar-refractivity contribution in [2.75, 3.05) is 36.0 Å². The molecule has 37 heavy (non-hydrogen) atoms. The Labute approximate surface area is 219 Å². The van der Waals surface area contributed by atoms with Gasteiger partial charge in [-0.05, 0) is 38.5 Å². The summed E-state index contributed by atoms with van der Waals surface area (Å²) in [6.45, 7) is 8.21. The van der Waals surface area contributed by atoms with Gasteiger partial charge in [-0.3, -0.25) is 0 Å². The molecule has 0 amide bonds. The molecule has 9 nitrogen and oxygen atoms in total. The Balaban J connectivity index is 1.37. The number of aromatic nitrogens is 6. The maximum Gasteiger partial charge on any atom is 0.228 e. The van der Waals surface area contributed by atoms with E-state index in [1.807, 2.05) is 18.7 Å². The number of hydrogen-bond acceptors (Lipinski definition) is 8. The number of fused-ring (bicyclic) bond motifs is 3. The first-order valence-electron chi connectivity index (χ1n) is 14.5. The molecular formula is C28H40N8O. The lowest BCUT2D eigenvalue weighted by molar-refractivity contribution is 0.0299. The molecule has 3 aliphatic heterocycles. The molecule has 6 heterocycles. The van der Waals surface area contributed by atoms with Gasteiger partial charge in [-0.15, -0.1) is 0 Å². The Hall–Kier alpha value is -2.81. The molecular weight excluding hydrogens is 464 g/mol. The fourth-order valence-corrected chi connectivity index (χ4v) is 6.21. The van der Waals surface area contributed by atoms with E-state index in [0.29, 0.717) is 6.04 Å². The topological polar surface area (TPSA) is 85.1 Å². The van der Waals surface area contributed by atoms with Gasteiger partial charge in [-0.1, -0.05) is 39.5 Å². The van der Waals surface area contributed by atoms with Crippen LogP contribution in [0, 0.1) is 0 Å². The maximum absolute atomic E-state index is 6.09. The summed E-state index contributed by atoms with van der Waals surface area (Å²) in [4.78, 5) is 29.4. The maximum atomic E-state index is 6.09. The van der Waals surface area contributed by atoms with Crippen LogP contribution in [-0.2, 0) is 4.74 Å². The van der Waals surface area contributed by atoms with E-state index >= 15 is 0 Å². The summed E-state index contributed by atoms with van der Waals surface area (Å²) < 4.78 is 8.31. The lowest BCUT2D eigenvalue weighted by atomic mass is 10.1. The Morgan fingerprint density at radius 2 is 1.54 bits per heavy atom. The highest BCUT2D eigenvalue weighted by atomic mass is 16.5. The molecule has 3 aromatic heterocycles. The quantitative estimate of drug-likeness (QED) is 0.454. The van der Waals surface area contributed by atoms with E-state index in [4.69, 9.17) is 29.7 Å². The molecule has 0 N–H and O–H groups in total. The lowest BCUT2D eigenvalue weighted by Crippen LogP contribution is -2.43. The molecule has 0 aliphatic carbocycles. The van der Waals surface area contributed by atoms with Gasteiger partial charge < -0.3 is 19.1 Å². The third-order valence-electron chi connectivity index (χ3n) is 8.38. The highest BCUT2D eigenvalue weighted by molar-refractivity contribution is 5.87. The average Bonchev–Trinajstić information content (AvgIpc) is 3.54. The van der Waals surface area contributed by atoms with Crippen molar-refractivity contribution >= 4 is 22.9 Å². The zero-order valence-corrected chi connectivity index (χ0v) is 22.3. The van der Waals surface area contributed by atoms with Gasteiger partial charge in [-0.25, -0.2) is 19.9 Å². The number of morpholine rings is 1. The number of anilines is 2. The normalized spacial score (nSPS) is 22.9. The van der Waals surface area contributed by atoms with Crippen molar-refractivity contribution in [1.82, 2.24) is 29.5 Å². The fraction of sp³-hybridized carbons (Fsp3) is 0.679. The summed E-state index contributed by atoms with van der Waals surface area (Å²) in [5.41, 5.74) is 3.22. The van der Waals surface area contributed by atoms with E-state index in [2.05, 4.69) is 28.2 Å². The molecule has 0 aromatic carbocycles. The zero-order chi connectivity index (χ0) is 25.2. The van der Waals surface area contributed by atoms with Gasteiger partial charge >= 0.3 is 0 Å². The first kappa shape index (κ1) is 24.5. The van der Waals surface area contributed by atoms with Gasteiger partial charge in [0, 0.05) is 32.2 Å². The van der Waals surface area contributed by atoms with Crippen molar-refractivity contribution < 1.29 is 4.74 Å². The monoisotopic (exact) mass is 504 g/mol. The molecule has 0 saturated carbocycles. The van der Waals surface area contributed by atoms with E-state index in [-0.39, 0.29) is 12.2 Å². The van der Waals surface area contributed by atoms with E-state index < -0.39 is 0 Å². The lowest BCUT2D eigenvalue weighted by Gasteiger charge is -2.32. The predicted molar refractivity (Wildman–Crippen MR) is 146 cm³/mol. The van der Waals surface area contributed by atoms with Crippen LogP contribution in [0.4, 0.5) is 11.8 Å². The molecule has 3 aliphatic rings. The molecule has 2 bridgehead atoms. The second kappa shape index (κ2) is 10.9. The van der Waals surface area contributed by atoms with Crippen LogP contribution >= 0.6 is 0 Å². The largest absolute Gasteiger partial charge is 0.371 e. The SMILES string of the molecule is CCC(CC)n1cnc2c(-c3cnc(N4CCCCCCCC4)cn3)nc(N3CC4CCC(C3)O4)nc21. The number of rotatable bonds is 6. The Bertz CT molecular complexity index is 1170. The summed E-state index contributed by atoms with van der Waals surface area (Å²) in [5, 5.41) is 0. The molecule has 2 unspecified atom stereocenters. The van der Waals surface area contributed by atoms with Crippen LogP contribution in [-0.4, -0.2) is 67.9 Å². The van der Waals surface area contributed by atoms with Crippen LogP contribution in [0.1, 0.15) is 84.1 Å². The molecule has 3 aromatic rings. The Morgan fingerprint density at radius 3 is 2.19 bits per heavy atom. The summed E-state index contributed by atoms with van der Waals surface area (Å²) in [7, 11) is 0. The smallest absolute Gasteiger partial charge is 0.228 e. The molecule has 0 radical (unpaired) electrons. The average molecular weight is 505 g/mol. The van der Waals surface area contributed by atoms with E-state index in [1.165, 1.54) is 38.5 Å². The molecule has 2 atom stereocenters. The minimum atomic E-state index is 0.270. The molecule has 3 saturated heterocycles. The Morgan fingerprint density at radius 1 is 0.838 bits per heavy atom. The minimum Gasteiger partial charge on any atom is -0.371 e. The summed E-state index contributed by atoms with van der Waals surface area (Å²) in [6.07, 6.45) is 18.3. The van der Waals surface area contributed by atoms with Gasteiger partial charge in [0.2, 0.25) is 5.95 Å². The van der Waals surface area contributed by atoms with E-state index in [9.17, 15) is 0 Å². The molecule has 3 fully saturated rings. The predicted octanol–water partition coefficient (Wildman–Crippen LogP) is 5.17. The highest BCUT2D eigenvalue weighted by Crippen LogP contribution is 2.33. The molecule has 6 rings (SSSR count). The van der Waals surface area contributed by atoms with Gasteiger partial charge in [0.1, 0.15) is 22.7 Å². The second-order valence-electron chi connectivity index (χ2n) is 10.9. The van der Waals surface area contributed by atoms with Gasteiger partial charge in [0.15, 0.2) is 5.65 Å². The van der Waals surface area contributed by atoms with E-state index in [1.54, 1.807) is 0 Å². The van der Waals surface area contributed by atoms with Gasteiger partial charge in [0.25, 0.3) is 0 Å². The highest BCUT2D eigenvalue weighted by Gasteiger charge is 2.35. The standard InChI is InChI=1S/C28H40N8O/c1-3-20(4-2)36-19-31-26-25(32-28(33-27(26)36)35-17-21-11-12-22(18-35)37-21)23-15-30-24(16-29-23)34-13-9-7-5-6-8-10-14-34/h15-16,19-22H,3-14,17-18H2,1-2H3. The van der Waals surface area contributed by atoms with Gasteiger partial charge in [0.05, 0.1) is 30.9 Å². The first-order valence-corrected chi connectivity index (χ1v) is 14.5. The Kier molecular flexibility index (Phi) is 7.22. The van der Waals surface area contributed by atoms with Crippen molar-refractivity contribution in [3.05, 3.63) is 18.7 Å². The van der Waals surface area contributed by atoms with Crippen molar-refractivity contribution in [3.63, 3.8) is 0 Å². The minimum absolute atomic E-state index is 0.270. The van der Waals surface area contributed by atoms with Crippen LogP contribution in [0.25, 0.3) is 22.6 Å².